The zero-order chi connectivity index (χ0) is 27.1. The number of halogens is 3. The summed E-state index contributed by atoms with van der Waals surface area (Å²) in [5, 5.41) is 6.81. The minimum Gasteiger partial charge on any atom is -0.352 e. The molecule has 1 heterocycles. The molecule has 0 spiro atoms. The molecule has 11 heteroatoms. The second kappa shape index (κ2) is 14.1. The quantitative estimate of drug-likeness (QED) is 0.194. The Labute approximate surface area is 245 Å². The number of hydrogen-bond donors (Lipinski definition) is 3. The highest BCUT2D eigenvalue weighted by Gasteiger charge is 2.21. The van der Waals surface area contributed by atoms with Crippen molar-refractivity contribution in [3.8, 4) is 0 Å². The molecule has 0 atom stereocenters. The van der Waals surface area contributed by atoms with Gasteiger partial charge in [-0.2, -0.15) is 0 Å². The maximum Gasteiger partial charge on any atom is 0.261 e. The molecule has 3 aromatic rings. The summed E-state index contributed by atoms with van der Waals surface area (Å²) in [5.74, 6) is 0.00823. The van der Waals surface area contributed by atoms with Crippen molar-refractivity contribution in [2.75, 3.05) is 24.4 Å². The normalized spacial score (nSPS) is 13.8. The monoisotopic (exact) mass is 609 g/mol. The topological polar surface area (TPSA) is 104 Å². The maximum absolute atomic E-state index is 13.1. The molecule has 4 rings (SSSR count). The predicted molar refractivity (Wildman–Crippen MR) is 158 cm³/mol. The molecule has 39 heavy (non-hydrogen) atoms. The van der Waals surface area contributed by atoms with Gasteiger partial charge in [0.05, 0.1) is 15.6 Å². The number of carbonyl (C=O) groups is 2. The van der Waals surface area contributed by atoms with Crippen LogP contribution in [0.15, 0.2) is 71.6 Å². The summed E-state index contributed by atoms with van der Waals surface area (Å²) < 4.78 is 28.7. The first-order valence-electron chi connectivity index (χ1n) is 12.4. The van der Waals surface area contributed by atoms with Crippen molar-refractivity contribution in [1.82, 2.24) is 10.6 Å². The molecular formula is C28H30Cl3N3O4S. The van der Waals surface area contributed by atoms with Crippen LogP contribution in [0.5, 0.6) is 0 Å². The van der Waals surface area contributed by atoms with Gasteiger partial charge in [0.1, 0.15) is 0 Å². The smallest absolute Gasteiger partial charge is 0.261 e. The number of nitrogens with one attached hydrogen (secondary N) is 3. The first-order chi connectivity index (χ1) is 18.2. The highest BCUT2D eigenvalue weighted by atomic mass is 35.5. The van der Waals surface area contributed by atoms with Crippen LogP contribution in [-0.2, 0) is 10.0 Å². The lowest BCUT2D eigenvalue weighted by Crippen LogP contribution is -2.29. The standard InChI is InChI=1S/C28H29Cl2N3O4S.ClH/c29-21-9-12-23(25(30)18-21)27(34)24-5-1-2-6-26(24)33-38(36,37)22-10-7-20(8-11-22)28(35)32-15-3-4-19-13-16-31-17-14-19;/h1-2,5-12,18-19,31,33H,3-4,13-17H2,(H,32,35);1H. The minimum absolute atomic E-state index is 0. The molecule has 1 fully saturated rings. The van der Waals surface area contributed by atoms with Crippen LogP contribution in [0.2, 0.25) is 10.0 Å². The van der Waals surface area contributed by atoms with Gasteiger partial charge >= 0.3 is 0 Å². The highest BCUT2D eigenvalue weighted by Crippen LogP contribution is 2.28. The maximum atomic E-state index is 13.1. The number of carbonyl (C=O) groups excluding carboxylic acids is 2. The van der Waals surface area contributed by atoms with Crippen LogP contribution < -0.4 is 15.4 Å². The van der Waals surface area contributed by atoms with Gasteiger partial charge in [0.2, 0.25) is 0 Å². The second-order valence-corrected chi connectivity index (χ2v) is 11.7. The van der Waals surface area contributed by atoms with E-state index in [1.165, 1.54) is 61.4 Å². The number of para-hydroxylation sites is 1. The predicted octanol–water partition coefficient (Wildman–Crippen LogP) is 5.96. The molecule has 7 nitrogen and oxygen atoms in total. The van der Waals surface area contributed by atoms with Crippen LogP contribution in [0.3, 0.4) is 0 Å². The summed E-state index contributed by atoms with van der Waals surface area (Å²) in [7, 11) is -4.04. The van der Waals surface area contributed by atoms with Crippen molar-refractivity contribution in [2.24, 2.45) is 5.92 Å². The molecule has 1 aliphatic heterocycles. The van der Waals surface area contributed by atoms with Gasteiger partial charge in [-0.1, -0.05) is 35.3 Å². The van der Waals surface area contributed by atoms with Crippen LogP contribution in [0, 0.1) is 5.92 Å². The lowest BCUT2D eigenvalue weighted by Gasteiger charge is -2.22. The zero-order valence-electron chi connectivity index (χ0n) is 21.1. The summed E-state index contributed by atoms with van der Waals surface area (Å²) in [6.07, 6.45) is 4.34. The Hall–Kier alpha value is -2.62. The van der Waals surface area contributed by atoms with E-state index < -0.39 is 15.8 Å². The number of sulfonamides is 1. The molecule has 1 saturated heterocycles. The molecule has 1 amide bonds. The second-order valence-electron chi connectivity index (χ2n) is 9.22. The molecule has 0 bridgehead atoms. The van der Waals surface area contributed by atoms with Gasteiger partial charge in [0.15, 0.2) is 5.78 Å². The average molecular weight is 611 g/mol. The number of hydrogen-bond acceptors (Lipinski definition) is 5. The van der Waals surface area contributed by atoms with Crippen molar-refractivity contribution < 1.29 is 18.0 Å². The lowest BCUT2D eigenvalue weighted by atomic mass is 9.93. The van der Waals surface area contributed by atoms with Crippen molar-refractivity contribution in [2.45, 2.75) is 30.6 Å². The Morgan fingerprint density at radius 2 is 1.62 bits per heavy atom. The number of rotatable bonds is 10. The van der Waals surface area contributed by atoms with Gasteiger partial charge in [-0.05, 0) is 99.3 Å². The third kappa shape index (κ3) is 8.19. The number of anilines is 1. The van der Waals surface area contributed by atoms with E-state index in [2.05, 4.69) is 15.4 Å². The van der Waals surface area contributed by atoms with E-state index in [9.17, 15) is 18.0 Å². The Morgan fingerprint density at radius 3 is 2.31 bits per heavy atom. The Bertz CT molecular complexity index is 1410. The van der Waals surface area contributed by atoms with Crippen LogP contribution in [0.4, 0.5) is 5.69 Å². The van der Waals surface area contributed by atoms with E-state index in [0.717, 1.165) is 25.9 Å². The number of ketones is 1. The fraction of sp³-hybridized carbons (Fsp3) is 0.286. The minimum atomic E-state index is -4.04. The fourth-order valence-electron chi connectivity index (χ4n) is 4.44. The molecule has 0 unspecified atom stereocenters. The van der Waals surface area contributed by atoms with Crippen LogP contribution in [0.1, 0.15) is 52.0 Å². The zero-order valence-corrected chi connectivity index (χ0v) is 24.2. The van der Waals surface area contributed by atoms with Crippen LogP contribution in [0.25, 0.3) is 0 Å². The van der Waals surface area contributed by atoms with Gasteiger partial charge in [-0.3, -0.25) is 14.3 Å². The van der Waals surface area contributed by atoms with Gasteiger partial charge in [-0.15, -0.1) is 12.4 Å². The van der Waals surface area contributed by atoms with Crippen molar-refractivity contribution in [3.05, 3.63) is 93.5 Å². The third-order valence-corrected chi connectivity index (χ3v) is 8.48. The Balaban J connectivity index is 0.00000420. The fourth-order valence-corrected chi connectivity index (χ4v) is 6.02. The average Bonchev–Trinajstić information content (AvgIpc) is 2.91. The van der Waals surface area contributed by atoms with E-state index in [4.69, 9.17) is 23.2 Å². The van der Waals surface area contributed by atoms with E-state index >= 15 is 0 Å². The van der Waals surface area contributed by atoms with Crippen molar-refractivity contribution >= 4 is 63.0 Å². The molecule has 0 radical (unpaired) electrons. The van der Waals surface area contributed by atoms with Crippen LogP contribution >= 0.6 is 35.6 Å². The molecule has 0 saturated carbocycles. The van der Waals surface area contributed by atoms with Gasteiger partial charge < -0.3 is 10.6 Å². The first-order valence-corrected chi connectivity index (χ1v) is 14.7. The Morgan fingerprint density at radius 1 is 0.923 bits per heavy atom. The van der Waals surface area contributed by atoms with Crippen molar-refractivity contribution in [3.63, 3.8) is 0 Å². The Kier molecular flexibility index (Phi) is 11.2. The molecular weight excluding hydrogens is 581 g/mol. The van der Waals surface area contributed by atoms with Crippen molar-refractivity contribution in [1.29, 1.82) is 0 Å². The summed E-state index contributed by atoms with van der Waals surface area (Å²) in [6, 6.07) is 16.4. The summed E-state index contributed by atoms with van der Waals surface area (Å²) >= 11 is 12.1. The van der Waals surface area contributed by atoms with Gasteiger partial charge in [0.25, 0.3) is 15.9 Å². The third-order valence-electron chi connectivity index (χ3n) is 6.55. The van der Waals surface area contributed by atoms with E-state index in [1.54, 1.807) is 18.2 Å². The molecule has 0 aromatic heterocycles. The molecule has 1 aliphatic rings. The summed E-state index contributed by atoms with van der Waals surface area (Å²) in [4.78, 5) is 25.6. The first kappa shape index (κ1) is 30.9. The number of benzene rings is 3. The van der Waals surface area contributed by atoms with Crippen LogP contribution in [-0.4, -0.2) is 39.7 Å². The molecule has 208 valence electrons. The highest BCUT2D eigenvalue weighted by molar-refractivity contribution is 7.92. The lowest BCUT2D eigenvalue weighted by molar-refractivity contribution is 0.0951. The van der Waals surface area contributed by atoms with Gasteiger partial charge in [-0.25, -0.2) is 8.42 Å². The van der Waals surface area contributed by atoms with E-state index in [0.29, 0.717) is 23.0 Å². The summed E-state index contributed by atoms with van der Waals surface area (Å²) in [6.45, 7) is 2.69. The number of amides is 1. The number of piperidine rings is 1. The molecule has 3 N–H and O–H groups in total. The SMILES string of the molecule is Cl.O=C(NCCCC1CCNCC1)c1ccc(S(=O)(=O)Nc2ccccc2C(=O)c2ccc(Cl)cc2Cl)cc1. The van der Waals surface area contributed by atoms with E-state index in [-0.39, 0.29) is 45.0 Å². The van der Waals surface area contributed by atoms with E-state index in [1.807, 2.05) is 0 Å². The largest absolute Gasteiger partial charge is 0.352 e. The molecule has 0 aliphatic carbocycles. The summed E-state index contributed by atoms with van der Waals surface area (Å²) in [5.41, 5.74) is 0.826. The van der Waals surface area contributed by atoms with Gasteiger partial charge in [0, 0.05) is 28.3 Å². The molecule has 3 aromatic carbocycles.